The van der Waals surface area contributed by atoms with Crippen molar-refractivity contribution < 1.29 is 22.4 Å². The number of carbonyl (C=O) groups is 2. The molecule has 1 aromatic heterocycles. The minimum atomic E-state index is -3.73. The van der Waals surface area contributed by atoms with E-state index in [0.29, 0.717) is 19.4 Å². The summed E-state index contributed by atoms with van der Waals surface area (Å²) in [7, 11) is -3.73. The van der Waals surface area contributed by atoms with E-state index >= 15 is 0 Å². The third kappa shape index (κ3) is 5.86. The van der Waals surface area contributed by atoms with Crippen molar-refractivity contribution in [1.82, 2.24) is 19.9 Å². The Morgan fingerprint density at radius 3 is 2.35 bits per heavy atom. The normalized spacial score (nSPS) is 16.5. The summed E-state index contributed by atoms with van der Waals surface area (Å²) in [5.41, 5.74) is 0.900. The smallest absolute Gasteiger partial charge is 0.243 e. The van der Waals surface area contributed by atoms with Gasteiger partial charge in [0.2, 0.25) is 21.8 Å². The third-order valence-electron chi connectivity index (χ3n) is 5.24. The fourth-order valence-corrected chi connectivity index (χ4v) is 4.82. The molecule has 1 aromatic carbocycles. The van der Waals surface area contributed by atoms with E-state index in [9.17, 15) is 22.4 Å². The average molecular weight is 449 g/mol. The van der Waals surface area contributed by atoms with Gasteiger partial charge in [0.25, 0.3) is 0 Å². The largest absolute Gasteiger partial charge is 0.350 e. The molecule has 1 atom stereocenters. The maximum absolute atomic E-state index is 13.1. The number of benzene rings is 1. The van der Waals surface area contributed by atoms with Gasteiger partial charge in [-0.1, -0.05) is 0 Å². The number of carbonyl (C=O) groups excluding carboxylic acids is 2. The van der Waals surface area contributed by atoms with E-state index in [-0.39, 0.29) is 35.7 Å². The van der Waals surface area contributed by atoms with Crippen molar-refractivity contribution in [2.24, 2.45) is 5.92 Å². The topological polar surface area (TPSA) is 108 Å². The number of aromatic nitrogens is 1. The second-order valence-electron chi connectivity index (χ2n) is 7.44. The first-order valence-electron chi connectivity index (χ1n) is 10.00. The lowest BCUT2D eigenvalue weighted by molar-refractivity contribution is -0.131. The second kappa shape index (κ2) is 9.97. The molecule has 0 aliphatic carbocycles. The Balaban J connectivity index is 1.48. The van der Waals surface area contributed by atoms with E-state index in [1.54, 1.807) is 31.5 Å². The van der Waals surface area contributed by atoms with E-state index in [1.165, 1.54) is 16.4 Å². The van der Waals surface area contributed by atoms with Crippen molar-refractivity contribution in [2.45, 2.75) is 37.2 Å². The Morgan fingerprint density at radius 2 is 1.74 bits per heavy atom. The molecule has 3 rings (SSSR count). The number of halogens is 1. The second-order valence-corrected chi connectivity index (χ2v) is 9.37. The molecular formula is C21H25FN4O4S. The summed E-state index contributed by atoms with van der Waals surface area (Å²) < 4.78 is 39.7. The quantitative estimate of drug-likeness (QED) is 0.666. The lowest BCUT2D eigenvalue weighted by Crippen LogP contribution is -2.49. The van der Waals surface area contributed by atoms with Crippen molar-refractivity contribution in [3.63, 3.8) is 0 Å². The first kappa shape index (κ1) is 22.8. The molecule has 0 spiro atoms. The van der Waals surface area contributed by atoms with Crippen LogP contribution in [0.15, 0.2) is 53.7 Å². The molecule has 2 heterocycles. The van der Waals surface area contributed by atoms with Crippen molar-refractivity contribution in [3.05, 3.63) is 60.2 Å². The Morgan fingerprint density at radius 1 is 1.13 bits per heavy atom. The number of nitrogens with zero attached hydrogens (tertiary/aromatic N) is 2. The Bertz CT molecular complexity index is 1010. The van der Waals surface area contributed by atoms with Crippen LogP contribution in [-0.4, -0.2) is 48.7 Å². The van der Waals surface area contributed by atoms with Crippen LogP contribution in [0, 0.1) is 11.7 Å². The fraction of sp³-hybridized carbons (Fsp3) is 0.381. The zero-order chi connectivity index (χ0) is 22.4. The van der Waals surface area contributed by atoms with Crippen molar-refractivity contribution in [2.75, 3.05) is 13.1 Å². The molecule has 2 amide bonds. The van der Waals surface area contributed by atoms with Gasteiger partial charge in [0.1, 0.15) is 11.9 Å². The van der Waals surface area contributed by atoms with Gasteiger partial charge in [-0.05, 0) is 61.7 Å². The predicted molar refractivity (Wildman–Crippen MR) is 112 cm³/mol. The summed E-state index contributed by atoms with van der Waals surface area (Å²) in [6.07, 6.45) is 3.96. The number of piperidine rings is 1. The first-order valence-corrected chi connectivity index (χ1v) is 11.4. The number of nitrogens with one attached hydrogen (secondary N) is 2. The van der Waals surface area contributed by atoms with Gasteiger partial charge in [-0.15, -0.1) is 0 Å². The summed E-state index contributed by atoms with van der Waals surface area (Å²) in [6, 6.07) is 7.54. The zero-order valence-electron chi connectivity index (χ0n) is 17.1. The molecule has 0 bridgehead atoms. The lowest BCUT2D eigenvalue weighted by Gasteiger charge is -2.31. The van der Waals surface area contributed by atoms with Gasteiger partial charge >= 0.3 is 0 Å². The highest BCUT2D eigenvalue weighted by Gasteiger charge is 2.32. The standard InChI is InChI=1S/C21H25FN4O4S/c1-15(20(27)24-14-16-6-10-23-11-7-16)25-21(28)17-8-12-26(13-9-17)31(29,30)19-4-2-18(22)3-5-19/h2-7,10-11,15,17H,8-9,12-14H2,1H3,(H,24,27)(H,25,28). The van der Waals surface area contributed by atoms with Gasteiger partial charge in [0, 0.05) is 37.9 Å². The highest BCUT2D eigenvalue weighted by molar-refractivity contribution is 7.89. The molecule has 10 heteroatoms. The lowest BCUT2D eigenvalue weighted by atomic mass is 9.97. The molecular weight excluding hydrogens is 423 g/mol. The minimum absolute atomic E-state index is 0.0243. The summed E-state index contributed by atoms with van der Waals surface area (Å²) in [4.78, 5) is 28.7. The fourth-order valence-electron chi connectivity index (χ4n) is 3.35. The summed E-state index contributed by atoms with van der Waals surface area (Å²) in [5, 5.41) is 5.46. The van der Waals surface area contributed by atoms with E-state index < -0.39 is 21.9 Å². The summed E-state index contributed by atoms with van der Waals surface area (Å²) in [5.74, 6) is -1.46. The molecule has 0 radical (unpaired) electrons. The monoisotopic (exact) mass is 448 g/mol. The van der Waals surface area contributed by atoms with E-state index in [4.69, 9.17) is 0 Å². The highest BCUT2D eigenvalue weighted by Crippen LogP contribution is 2.24. The molecule has 1 saturated heterocycles. The van der Waals surface area contributed by atoms with Gasteiger partial charge in [-0.3, -0.25) is 14.6 Å². The summed E-state index contributed by atoms with van der Waals surface area (Å²) in [6.45, 7) is 2.30. The minimum Gasteiger partial charge on any atom is -0.350 e. The van der Waals surface area contributed by atoms with Crippen LogP contribution < -0.4 is 10.6 Å². The molecule has 2 aromatic rings. The summed E-state index contributed by atoms with van der Waals surface area (Å²) >= 11 is 0. The highest BCUT2D eigenvalue weighted by atomic mass is 32.2. The van der Waals surface area contributed by atoms with Gasteiger partial charge in [0.05, 0.1) is 4.90 Å². The number of hydrogen-bond donors (Lipinski definition) is 2. The van der Waals surface area contributed by atoms with Gasteiger partial charge in [0.15, 0.2) is 0 Å². The maximum Gasteiger partial charge on any atom is 0.243 e. The molecule has 1 fully saturated rings. The zero-order valence-corrected chi connectivity index (χ0v) is 17.9. The Kier molecular flexibility index (Phi) is 7.34. The molecule has 8 nitrogen and oxygen atoms in total. The number of amides is 2. The Labute approximate surface area is 180 Å². The van der Waals surface area contributed by atoms with Crippen LogP contribution in [0.25, 0.3) is 0 Å². The average Bonchev–Trinajstić information content (AvgIpc) is 2.78. The van der Waals surface area contributed by atoms with Crippen LogP contribution in [0.1, 0.15) is 25.3 Å². The van der Waals surface area contributed by atoms with Crippen LogP contribution in [0.4, 0.5) is 4.39 Å². The number of sulfonamides is 1. The van der Waals surface area contributed by atoms with Gasteiger partial charge in [-0.25, -0.2) is 12.8 Å². The van der Waals surface area contributed by atoms with E-state index in [2.05, 4.69) is 15.6 Å². The van der Waals surface area contributed by atoms with Gasteiger partial charge in [-0.2, -0.15) is 4.31 Å². The SMILES string of the molecule is CC(NC(=O)C1CCN(S(=O)(=O)c2ccc(F)cc2)CC1)C(=O)NCc1ccncc1. The van der Waals surface area contributed by atoms with Crippen molar-refractivity contribution in [1.29, 1.82) is 0 Å². The van der Waals surface area contributed by atoms with E-state index in [0.717, 1.165) is 17.7 Å². The van der Waals surface area contributed by atoms with Crippen LogP contribution in [-0.2, 0) is 26.2 Å². The molecule has 2 N–H and O–H groups in total. The molecule has 1 aliphatic heterocycles. The number of pyridine rings is 1. The van der Waals surface area contributed by atoms with E-state index in [1.807, 2.05) is 0 Å². The van der Waals surface area contributed by atoms with Crippen LogP contribution in [0.5, 0.6) is 0 Å². The van der Waals surface area contributed by atoms with Crippen molar-refractivity contribution >= 4 is 21.8 Å². The maximum atomic E-state index is 13.1. The van der Waals surface area contributed by atoms with Crippen LogP contribution >= 0.6 is 0 Å². The number of rotatable bonds is 7. The van der Waals surface area contributed by atoms with Gasteiger partial charge < -0.3 is 10.6 Å². The van der Waals surface area contributed by atoms with Crippen LogP contribution in [0.3, 0.4) is 0 Å². The first-order chi connectivity index (χ1) is 14.8. The van der Waals surface area contributed by atoms with Crippen molar-refractivity contribution in [3.8, 4) is 0 Å². The molecule has 0 saturated carbocycles. The molecule has 31 heavy (non-hydrogen) atoms. The molecule has 1 unspecified atom stereocenters. The number of hydrogen-bond acceptors (Lipinski definition) is 5. The predicted octanol–water partition coefficient (Wildman–Crippen LogP) is 1.44. The molecule has 166 valence electrons. The Hall–Kier alpha value is -2.85. The molecule has 1 aliphatic rings. The third-order valence-corrected chi connectivity index (χ3v) is 7.16. The van der Waals surface area contributed by atoms with Crippen LogP contribution in [0.2, 0.25) is 0 Å².